The van der Waals surface area contributed by atoms with E-state index in [-0.39, 0.29) is 18.7 Å². The SMILES string of the molecule is CC(C)(C)NC(=O)C([C@H](CCc1cc(F)cc(F)c1)C(N)=O)C(C)(C)C. The van der Waals surface area contributed by atoms with Gasteiger partial charge in [-0.1, -0.05) is 20.8 Å². The molecule has 0 radical (unpaired) electrons. The molecule has 4 nitrogen and oxygen atoms in total. The van der Waals surface area contributed by atoms with E-state index >= 15 is 0 Å². The van der Waals surface area contributed by atoms with Crippen LogP contribution in [0.3, 0.4) is 0 Å². The Morgan fingerprint density at radius 3 is 1.92 bits per heavy atom. The van der Waals surface area contributed by atoms with E-state index in [4.69, 9.17) is 5.73 Å². The van der Waals surface area contributed by atoms with Crippen LogP contribution >= 0.6 is 0 Å². The minimum atomic E-state index is -0.747. The number of primary amides is 1. The topological polar surface area (TPSA) is 72.2 Å². The zero-order valence-corrected chi connectivity index (χ0v) is 16.5. The zero-order chi connectivity index (χ0) is 20.3. The van der Waals surface area contributed by atoms with Gasteiger partial charge in [0.1, 0.15) is 11.6 Å². The maximum Gasteiger partial charge on any atom is 0.224 e. The van der Waals surface area contributed by atoms with Crippen LogP contribution in [-0.2, 0) is 16.0 Å². The molecule has 0 aliphatic heterocycles. The molecule has 0 bridgehead atoms. The van der Waals surface area contributed by atoms with Gasteiger partial charge in [-0.05, 0) is 56.7 Å². The summed E-state index contributed by atoms with van der Waals surface area (Å²) in [5.41, 5.74) is 5.06. The van der Waals surface area contributed by atoms with E-state index in [1.54, 1.807) is 0 Å². The minimum absolute atomic E-state index is 0.234. The fourth-order valence-electron chi connectivity index (χ4n) is 3.18. The molecule has 0 fully saturated rings. The number of hydrogen-bond donors (Lipinski definition) is 2. The molecule has 6 heteroatoms. The Labute approximate surface area is 154 Å². The molecule has 3 N–H and O–H groups in total. The molecular formula is C20H30F2N2O2. The summed E-state index contributed by atoms with van der Waals surface area (Å²) in [6.45, 7) is 11.2. The molecule has 0 saturated heterocycles. The van der Waals surface area contributed by atoms with Crippen LogP contribution in [0.1, 0.15) is 53.5 Å². The first-order valence-electron chi connectivity index (χ1n) is 8.77. The van der Waals surface area contributed by atoms with Gasteiger partial charge in [0.15, 0.2) is 0 Å². The van der Waals surface area contributed by atoms with Crippen LogP contribution in [-0.4, -0.2) is 17.4 Å². The Hall–Kier alpha value is -1.98. The van der Waals surface area contributed by atoms with Crippen molar-refractivity contribution < 1.29 is 18.4 Å². The van der Waals surface area contributed by atoms with Crippen molar-refractivity contribution in [3.63, 3.8) is 0 Å². The summed E-state index contributed by atoms with van der Waals surface area (Å²) in [7, 11) is 0. The van der Waals surface area contributed by atoms with Crippen LogP contribution < -0.4 is 11.1 Å². The summed E-state index contributed by atoms with van der Waals surface area (Å²) >= 11 is 0. The van der Waals surface area contributed by atoms with Gasteiger partial charge in [-0.15, -0.1) is 0 Å². The Bertz CT molecular complexity index is 641. The molecule has 0 aromatic heterocycles. The third-order valence-corrected chi connectivity index (χ3v) is 4.15. The van der Waals surface area contributed by atoms with Crippen molar-refractivity contribution in [3.05, 3.63) is 35.4 Å². The van der Waals surface area contributed by atoms with E-state index in [1.165, 1.54) is 12.1 Å². The first kappa shape index (κ1) is 22.1. The predicted octanol–water partition coefficient (Wildman–Crippen LogP) is 3.58. The van der Waals surface area contributed by atoms with Gasteiger partial charge >= 0.3 is 0 Å². The molecule has 2 atom stereocenters. The molecular weight excluding hydrogens is 338 g/mol. The second-order valence-electron chi connectivity index (χ2n) is 8.91. The minimum Gasteiger partial charge on any atom is -0.369 e. The molecule has 1 rings (SSSR count). The molecule has 0 aliphatic carbocycles. The number of nitrogens with two attached hydrogens (primary N) is 1. The number of amides is 2. The Kier molecular flexibility index (Phi) is 6.91. The highest BCUT2D eigenvalue weighted by molar-refractivity contribution is 5.87. The molecule has 26 heavy (non-hydrogen) atoms. The molecule has 0 spiro atoms. The van der Waals surface area contributed by atoms with Crippen molar-refractivity contribution in [2.75, 3.05) is 0 Å². The van der Waals surface area contributed by atoms with Gasteiger partial charge in [-0.25, -0.2) is 8.78 Å². The van der Waals surface area contributed by atoms with E-state index in [1.807, 2.05) is 41.5 Å². The van der Waals surface area contributed by atoms with Crippen molar-refractivity contribution in [2.24, 2.45) is 23.0 Å². The fourth-order valence-corrected chi connectivity index (χ4v) is 3.18. The average Bonchev–Trinajstić information content (AvgIpc) is 2.38. The summed E-state index contributed by atoms with van der Waals surface area (Å²) in [6, 6.07) is 3.24. The molecule has 1 unspecified atom stereocenters. The maximum atomic E-state index is 13.4. The number of rotatable bonds is 6. The van der Waals surface area contributed by atoms with E-state index < -0.39 is 40.3 Å². The second kappa shape index (κ2) is 8.14. The molecule has 1 aromatic rings. The second-order valence-corrected chi connectivity index (χ2v) is 8.91. The van der Waals surface area contributed by atoms with Gasteiger partial charge in [-0.3, -0.25) is 9.59 Å². The first-order chi connectivity index (χ1) is 11.7. The number of carbonyl (C=O) groups is 2. The van der Waals surface area contributed by atoms with Crippen molar-refractivity contribution in [3.8, 4) is 0 Å². The molecule has 0 saturated carbocycles. The molecule has 146 valence electrons. The van der Waals surface area contributed by atoms with Crippen LogP contribution in [0.2, 0.25) is 0 Å². The maximum absolute atomic E-state index is 13.4. The number of carbonyl (C=O) groups excluding carboxylic acids is 2. The smallest absolute Gasteiger partial charge is 0.224 e. The number of nitrogens with one attached hydrogen (secondary N) is 1. The summed E-state index contributed by atoms with van der Waals surface area (Å²) < 4.78 is 26.8. The third-order valence-electron chi connectivity index (χ3n) is 4.15. The van der Waals surface area contributed by atoms with Crippen molar-refractivity contribution in [1.82, 2.24) is 5.32 Å². The Morgan fingerprint density at radius 2 is 1.54 bits per heavy atom. The average molecular weight is 368 g/mol. The standard InChI is InChI=1S/C20H30F2N2O2/c1-19(2,3)16(18(26)24-20(4,5)6)15(17(23)25)8-7-12-9-13(21)11-14(22)10-12/h9-11,15-16H,7-8H2,1-6H3,(H2,23,25)(H,24,26)/t15-,16?/m0/s1. The lowest BCUT2D eigenvalue weighted by molar-refractivity contribution is -0.139. The normalized spacial score (nSPS) is 14.6. The van der Waals surface area contributed by atoms with Gasteiger partial charge in [0.05, 0.1) is 11.8 Å². The lowest BCUT2D eigenvalue weighted by Crippen LogP contribution is -2.51. The first-order valence-corrected chi connectivity index (χ1v) is 8.77. The Balaban J connectivity index is 3.08. The van der Waals surface area contributed by atoms with Crippen LogP contribution in [0.15, 0.2) is 18.2 Å². The number of hydrogen-bond acceptors (Lipinski definition) is 2. The highest BCUT2D eigenvalue weighted by atomic mass is 19.1. The van der Waals surface area contributed by atoms with Gasteiger partial charge in [0.25, 0.3) is 0 Å². The van der Waals surface area contributed by atoms with Crippen LogP contribution in [0.25, 0.3) is 0 Å². The zero-order valence-electron chi connectivity index (χ0n) is 16.5. The molecule has 0 aliphatic rings. The molecule has 1 aromatic carbocycles. The highest BCUT2D eigenvalue weighted by Crippen LogP contribution is 2.35. The van der Waals surface area contributed by atoms with Gasteiger partial charge in [-0.2, -0.15) is 0 Å². The third kappa shape index (κ3) is 6.73. The summed E-state index contributed by atoms with van der Waals surface area (Å²) in [5.74, 6) is -3.59. The molecule has 0 heterocycles. The molecule has 2 amide bonds. The monoisotopic (exact) mass is 368 g/mol. The summed E-state index contributed by atoms with van der Waals surface area (Å²) in [6.07, 6.45) is 0.482. The van der Waals surface area contributed by atoms with Crippen molar-refractivity contribution >= 4 is 11.8 Å². The summed E-state index contributed by atoms with van der Waals surface area (Å²) in [5, 5.41) is 2.91. The lowest BCUT2D eigenvalue weighted by Gasteiger charge is -2.36. The Morgan fingerprint density at radius 1 is 1.04 bits per heavy atom. The quantitative estimate of drug-likeness (QED) is 0.806. The van der Waals surface area contributed by atoms with Crippen LogP contribution in [0, 0.1) is 28.9 Å². The largest absolute Gasteiger partial charge is 0.369 e. The van der Waals surface area contributed by atoms with Crippen molar-refractivity contribution in [1.29, 1.82) is 0 Å². The fraction of sp³-hybridized carbons (Fsp3) is 0.600. The highest BCUT2D eigenvalue weighted by Gasteiger charge is 2.41. The number of benzene rings is 1. The predicted molar refractivity (Wildman–Crippen MR) is 98.2 cm³/mol. The van der Waals surface area contributed by atoms with E-state index in [0.717, 1.165) is 6.07 Å². The van der Waals surface area contributed by atoms with Crippen molar-refractivity contribution in [2.45, 2.75) is 59.9 Å². The van der Waals surface area contributed by atoms with Crippen LogP contribution in [0.4, 0.5) is 8.78 Å². The van der Waals surface area contributed by atoms with Gasteiger partial charge < -0.3 is 11.1 Å². The van der Waals surface area contributed by atoms with Gasteiger partial charge in [0.2, 0.25) is 11.8 Å². The van der Waals surface area contributed by atoms with Gasteiger partial charge in [0, 0.05) is 11.6 Å². The number of halogens is 2. The number of aryl methyl sites for hydroxylation is 1. The van der Waals surface area contributed by atoms with E-state index in [2.05, 4.69) is 5.32 Å². The van der Waals surface area contributed by atoms with E-state index in [0.29, 0.717) is 5.56 Å². The lowest BCUT2D eigenvalue weighted by atomic mass is 9.70. The van der Waals surface area contributed by atoms with E-state index in [9.17, 15) is 18.4 Å². The summed E-state index contributed by atoms with van der Waals surface area (Å²) in [4.78, 5) is 24.9. The van der Waals surface area contributed by atoms with Crippen LogP contribution in [0.5, 0.6) is 0 Å².